The van der Waals surface area contributed by atoms with Gasteiger partial charge in [0.05, 0.1) is 0 Å². The Hall–Kier alpha value is -1.88. The zero-order chi connectivity index (χ0) is 15.2. The fraction of sp³-hybridized carbons (Fsp3) is 0.500. The molecule has 1 saturated heterocycles. The Morgan fingerprint density at radius 1 is 1.33 bits per heavy atom. The molecule has 114 valence electrons. The standard InChI is InChI=1S/C16H22N2O3/c1-12-6-2-3-8-14(12)17-15(20)16(21)18-10-5-4-7-13(18)9-11-19/h2-3,6,8,13,19H,4-5,7,9-11H2,1H3,(H,17,20). The Kier molecular flexibility index (Phi) is 5.33. The number of anilines is 1. The minimum atomic E-state index is -0.603. The number of hydrogen-bond acceptors (Lipinski definition) is 3. The molecule has 0 bridgehead atoms. The second-order valence-corrected chi connectivity index (χ2v) is 5.43. The Morgan fingerprint density at radius 3 is 2.81 bits per heavy atom. The van der Waals surface area contributed by atoms with E-state index in [0.29, 0.717) is 18.7 Å². The molecule has 1 heterocycles. The molecule has 1 aromatic carbocycles. The highest BCUT2D eigenvalue weighted by atomic mass is 16.3. The topological polar surface area (TPSA) is 69.6 Å². The predicted octanol–water partition coefficient (Wildman–Crippen LogP) is 1.70. The first-order valence-corrected chi connectivity index (χ1v) is 7.42. The molecule has 0 spiro atoms. The highest BCUT2D eigenvalue weighted by Crippen LogP contribution is 2.20. The van der Waals surface area contributed by atoms with Gasteiger partial charge in [0.15, 0.2) is 0 Å². The number of amides is 2. The smallest absolute Gasteiger partial charge is 0.313 e. The number of aryl methyl sites for hydroxylation is 1. The van der Waals surface area contributed by atoms with Crippen LogP contribution in [0, 0.1) is 6.92 Å². The lowest BCUT2D eigenvalue weighted by atomic mass is 9.99. The van der Waals surface area contributed by atoms with Crippen LogP contribution in [0.2, 0.25) is 0 Å². The molecule has 0 radical (unpaired) electrons. The summed E-state index contributed by atoms with van der Waals surface area (Å²) in [7, 11) is 0. The summed E-state index contributed by atoms with van der Waals surface area (Å²) in [4.78, 5) is 26.1. The van der Waals surface area contributed by atoms with Gasteiger partial charge in [-0.1, -0.05) is 18.2 Å². The fourth-order valence-electron chi connectivity index (χ4n) is 2.74. The van der Waals surface area contributed by atoms with Gasteiger partial charge in [-0.05, 0) is 44.2 Å². The number of likely N-dealkylation sites (tertiary alicyclic amines) is 1. The van der Waals surface area contributed by atoms with Crippen molar-refractivity contribution in [2.75, 3.05) is 18.5 Å². The predicted molar refractivity (Wildman–Crippen MR) is 80.9 cm³/mol. The van der Waals surface area contributed by atoms with E-state index in [4.69, 9.17) is 5.11 Å². The Bertz CT molecular complexity index is 514. The molecule has 1 fully saturated rings. The number of para-hydroxylation sites is 1. The van der Waals surface area contributed by atoms with Crippen LogP contribution in [0.15, 0.2) is 24.3 Å². The largest absolute Gasteiger partial charge is 0.396 e. The van der Waals surface area contributed by atoms with Crippen molar-refractivity contribution in [3.8, 4) is 0 Å². The van der Waals surface area contributed by atoms with E-state index in [-0.39, 0.29) is 12.6 Å². The van der Waals surface area contributed by atoms with E-state index in [1.165, 1.54) is 0 Å². The van der Waals surface area contributed by atoms with Gasteiger partial charge in [0.2, 0.25) is 0 Å². The summed E-state index contributed by atoms with van der Waals surface area (Å²) in [5.74, 6) is -1.11. The molecule has 0 aromatic heterocycles. The van der Waals surface area contributed by atoms with Gasteiger partial charge in [-0.15, -0.1) is 0 Å². The molecule has 1 aliphatic rings. The van der Waals surface area contributed by atoms with Crippen molar-refractivity contribution in [2.24, 2.45) is 0 Å². The van der Waals surface area contributed by atoms with Crippen molar-refractivity contribution in [3.05, 3.63) is 29.8 Å². The number of carbonyl (C=O) groups excluding carboxylic acids is 2. The van der Waals surface area contributed by atoms with Crippen LogP contribution in [0.1, 0.15) is 31.2 Å². The molecule has 21 heavy (non-hydrogen) atoms. The maximum absolute atomic E-state index is 12.3. The van der Waals surface area contributed by atoms with Crippen LogP contribution in [0.5, 0.6) is 0 Å². The first-order valence-electron chi connectivity index (χ1n) is 7.42. The number of aliphatic hydroxyl groups excluding tert-OH is 1. The summed E-state index contributed by atoms with van der Waals surface area (Å²) < 4.78 is 0. The molecule has 0 aliphatic carbocycles. The molecule has 1 atom stereocenters. The number of piperidine rings is 1. The highest BCUT2D eigenvalue weighted by molar-refractivity contribution is 6.39. The SMILES string of the molecule is Cc1ccccc1NC(=O)C(=O)N1CCCCC1CCO. The van der Waals surface area contributed by atoms with Crippen LogP contribution < -0.4 is 5.32 Å². The second-order valence-electron chi connectivity index (χ2n) is 5.43. The quantitative estimate of drug-likeness (QED) is 0.832. The van der Waals surface area contributed by atoms with Crippen LogP contribution in [-0.4, -0.2) is 41.0 Å². The number of aliphatic hydroxyl groups is 1. The molecule has 1 aromatic rings. The molecule has 2 amide bonds. The third-order valence-electron chi connectivity index (χ3n) is 3.94. The Morgan fingerprint density at radius 2 is 2.10 bits per heavy atom. The first-order chi connectivity index (χ1) is 10.1. The third-order valence-corrected chi connectivity index (χ3v) is 3.94. The fourth-order valence-corrected chi connectivity index (χ4v) is 2.74. The molecule has 2 rings (SSSR count). The summed E-state index contributed by atoms with van der Waals surface area (Å²) in [5.41, 5.74) is 1.58. The van der Waals surface area contributed by atoms with Gasteiger partial charge in [-0.2, -0.15) is 0 Å². The van der Waals surface area contributed by atoms with E-state index in [2.05, 4.69) is 5.32 Å². The highest BCUT2D eigenvalue weighted by Gasteiger charge is 2.30. The summed E-state index contributed by atoms with van der Waals surface area (Å²) >= 11 is 0. The van der Waals surface area contributed by atoms with Gasteiger partial charge in [-0.3, -0.25) is 9.59 Å². The van der Waals surface area contributed by atoms with Crippen molar-refractivity contribution in [1.82, 2.24) is 4.90 Å². The van der Waals surface area contributed by atoms with Crippen LogP contribution in [0.3, 0.4) is 0 Å². The number of carbonyl (C=O) groups is 2. The van der Waals surface area contributed by atoms with Crippen molar-refractivity contribution in [1.29, 1.82) is 0 Å². The number of hydrogen-bond donors (Lipinski definition) is 2. The van der Waals surface area contributed by atoms with Crippen molar-refractivity contribution < 1.29 is 14.7 Å². The maximum atomic E-state index is 12.3. The van der Waals surface area contributed by atoms with Gasteiger partial charge in [-0.25, -0.2) is 0 Å². The first kappa shape index (κ1) is 15.5. The van der Waals surface area contributed by atoms with Crippen molar-refractivity contribution in [3.63, 3.8) is 0 Å². The monoisotopic (exact) mass is 290 g/mol. The van der Waals surface area contributed by atoms with Crippen LogP contribution in [0.25, 0.3) is 0 Å². The molecule has 1 unspecified atom stereocenters. The van der Waals surface area contributed by atoms with Crippen LogP contribution >= 0.6 is 0 Å². The number of rotatable bonds is 3. The Balaban J connectivity index is 2.04. The van der Waals surface area contributed by atoms with E-state index >= 15 is 0 Å². The zero-order valence-corrected chi connectivity index (χ0v) is 12.3. The molecular weight excluding hydrogens is 268 g/mol. The molecule has 0 saturated carbocycles. The molecular formula is C16H22N2O3. The van der Waals surface area contributed by atoms with Gasteiger partial charge in [0.1, 0.15) is 0 Å². The minimum Gasteiger partial charge on any atom is -0.396 e. The lowest BCUT2D eigenvalue weighted by Crippen LogP contribution is -2.48. The van der Waals surface area contributed by atoms with Crippen LogP contribution in [-0.2, 0) is 9.59 Å². The van der Waals surface area contributed by atoms with Gasteiger partial charge >= 0.3 is 11.8 Å². The Labute approximate surface area is 125 Å². The van der Waals surface area contributed by atoms with E-state index in [1.54, 1.807) is 11.0 Å². The summed E-state index contributed by atoms with van der Waals surface area (Å²) in [5, 5.41) is 11.8. The number of nitrogens with zero attached hydrogens (tertiary/aromatic N) is 1. The molecule has 1 aliphatic heterocycles. The van der Waals surface area contributed by atoms with Crippen molar-refractivity contribution >= 4 is 17.5 Å². The van der Waals surface area contributed by atoms with Gasteiger partial charge < -0.3 is 15.3 Å². The summed E-state index contributed by atoms with van der Waals surface area (Å²) in [6.07, 6.45) is 3.33. The second kappa shape index (κ2) is 7.22. The summed E-state index contributed by atoms with van der Waals surface area (Å²) in [6.45, 7) is 2.51. The van der Waals surface area contributed by atoms with E-state index in [9.17, 15) is 9.59 Å². The zero-order valence-electron chi connectivity index (χ0n) is 12.3. The van der Waals surface area contributed by atoms with E-state index in [0.717, 1.165) is 24.8 Å². The third kappa shape index (κ3) is 3.82. The van der Waals surface area contributed by atoms with Crippen molar-refractivity contribution in [2.45, 2.75) is 38.6 Å². The van der Waals surface area contributed by atoms with Gasteiger partial charge in [0.25, 0.3) is 0 Å². The van der Waals surface area contributed by atoms with Gasteiger partial charge in [0, 0.05) is 24.9 Å². The molecule has 5 heteroatoms. The number of nitrogens with one attached hydrogen (secondary N) is 1. The normalized spacial score (nSPS) is 18.4. The van der Waals surface area contributed by atoms with E-state index in [1.807, 2.05) is 25.1 Å². The minimum absolute atomic E-state index is 0.0288. The number of benzene rings is 1. The average molecular weight is 290 g/mol. The lowest BCUT2D eigenvalue weighted by Gasteiger charge is -2.35. The maximum Gasteiger partial charge on any atom is 0.313 e. The molecule has 5 nitrogen and oxygen atoms in total. The van der Waals surface area contributed by atoms with E-state index < -0.39 is 11.8 Å². The molecule has 2 N–H and O–H groups in total. The lowest BCUT2D eigenvalue weighted by molar-refractivity contribution is -0.146. The average Bonchev–Trinajstić information content (AvgIpc) is 2.50. The van der Waals surface area contributed by atoms with Crippen LogP contribution in [0.4, 0.5) is 5.69 Å². The summed E-state index contributed by atoms with van der Waals surface area (Å²) in [6, 6.07) is 7.34.